The van der Waals surface area contributed by atoms with Gasteiger partial charge in [-0.15, -0.1) is 0 Å². The Bertz CT molecular complexity index is 571. The minimum atomic E-state index is -2.85. The van der Waals surface area contributed by atoms with Crippen molar-refractivity contribution in [3.8, 4) is 0 Å². The number of nitrogens with zero attached hydrogens (tertiary/aromatic N) is 2. The Kier molecular flexibility index (Phi) is 5.22. The van der Waals surface area contributed by atoms with Gasteiger partial charge in [-0.1, -0.05) is 13.8 Å². The van der Waals surface area contributed by atoms with Crippen LogP contribution in [0.4, 0.5) is 5.69 Å². The summed E-state index contributed by atoms with van der Waals surface area (Å²) in [5, 5.41) is 3.43. The Labute approximate surface area is 127 Å². The Morgan fingerprint density at radius 2 is 2.00 bits per heavy atom. The maximum Gasteiger partial charge on any atom is 0.153 e. The lowest BCUT2D eigenvalue weighted by Crippen LogP contribution is -2.41. The van der Waals surface area contributed by atoms with Gasteiger partial charge < -0.3 is 10.2 Å². The number of nitrogens with one attached hydrogen (secondary N) is 1. The van der Waals surface area contributed by atoms with Crippen LogP contribution in [0.5, 0.6) is 0 Å². The van der Waals surface area contributed by atoms with Gasteiger partial charge in [0, 0.05) is 42.8 Å². The van der Waals surface area contributed by atoms with Gasteiger partial charge in [0.1, 0.15) is 0 Å². The number of rotatable bonds is 5. The fourth-order valence-corrected chi connectivity index (χ4v) is 3.65. The lowest BCUT2D eigenvalue weighted by molar-refractivity contribution is 0.551. The van der Waals surface area contributed by atoms with Crippen LogP contribution in [0.2, 0.25) is 0 Å². The number of anilines is 1. The molecule has 0 spiro atoms. The smallest absolute Gasteiger partial charge is 0.153 e. The highest BCUT2D eigenvalue weighted by atomic mass is 32.2. The van der Waals surface area contributed by atoms with Gasteiger partial charge in [-0.05, 0) is 25.5 Å². The van der Waals surface area contributed by atoms with E-state index in [-0.39, 0.29) is 11.5 Å². The van der Waals surface area contributed by atoms with E-state index in [1.165, 1.54) is 0 Å². The maximum atomic E-state index is 11.6. The van der Waals surface area contributed by atoms with Crippen molar-refractivity contribution in [1.82, 2.24) is 10.3 Å². The molecule has 1 aromatic rings. The molecule has 0 bridgehead atoms. The second-order valence-corrected chi connectivity index (χ2v) is 8.42. The Morgan fingerprint density at radius 1 is 1.33 bits per heavy atom. The molecule has 0 atom stereocenters. The standard InChI is InChI=1S/C15H25N3O2S/c1-12(2)9-16-10-14-11-17-13(3)8-15(14)18-4-6-21(19,20)7-5-18/h8,11-12,16H,4-7,9-10H2,1-3H3. The minimum absolute atomic E-state index is 0.243. The topological polar surface area (TPSA) is 62.3 Å². The Morgan fingerprint density at radius 3 is 2.62 bits per heavy atom. The highest BCUT2D eigenvalue weighted by molar-refractivity contribution is 7.91. The molecule has 1 saturated heterocycles. The zero-order valence-electron chi connectivity index (χ0n) is 13.1. The number of hydrogen-bond acceptors (Lipinski definition) is 5. The summed E-state index contributed by atoms with van der Waals surface area (Å²) in [4.78, 5) is 6.54. The highest BCUT2D eigenvalue weighted by Crippen LogP contribution is 2.23. The molecular weight excluding hydrogens is 286 g/mol. The number of aryl methyl sites for hydroxylation is 1. The first kappa shape index (κ1) is 16.2. The van der Waals surface area contributed by atoms with E-state index in [0.29, 0.717) is 19.0 Å². The van der Waals surface area contributed by atoms with Crippen LogP contribution in [0.25, 0.3) is 0 Å². The normalized spacial score (nSPS) is 18.2. The van der Waals surface area contributed by atoms with Gasteiger partial charge in [0.2, 0.25) is 0 Å². The Hall–Kier alpha value is -1.14. The monoisotopic (exact) mass is 311 g/mol. The van der Waals surface area contributed by atoms with E-state index in [9.17, 15) is 8.42 Å². The molecule has 1 aromatic heterocycles. The van der Waals surface area contributed by atoms with Crippen molar-refractivity contribution in [3.05, 3.63) is 23.5 Å². The van der Waals surface area contributed by atoms with E-state index < -0.39 is 9.84 Å². The van der Waals surface area contributed by atoms with Crippen LogP contribution < -0.4 is 10.2 Å². The molecule has 0 amide bonds. The molecular formula is C15H25N3O2S. The van der Waals surface area contributed by atoms with Crippen molar-refractivity contribution in [3.63, 3.8) is 0 Å². The lowest BCUT2D eigenvalue weighted by atomic mass is 10.1. The van der Waals surface area contributed by atoms with Crippen molar-refractivity contribution >= 4 is 15.5 Å². The molecule has 5 nitrogen and oxygen atoms in total. The van der Waals surface area contributed by atoms with Crippen molar-refractivity contribution in [1.29, 1.82) is 0 Å². The molecule has 6 heteroatoms. The van der Waals surface area contributed by atoms with Gasteiger partial charge in [-0.2, -0.15) is 0 Å². The molecule has 2 heterocycles. The van der Waals surface area contributed by atoms with Crippen LogP contribution in [-0.2, 0) is 16.4 Å². The predicted octanol–water partition coefficient (Wildman–Crippen LogP) is 1.37. The van der Waals surface area contributed by atoms with Crippen molar-refractivity contribution in [2.24, 2.45) is 5.92 Å². The molecule has 0 aromatic carbocycles. The minimum Gasteiger partial charge on any atom is -0.369 e. The van der Waals surface area contributed by atoms with Crippen LogP contribution in [-0.4, -0.2) is 44.5 Å². The highest BCUT2D eigenvalue weighted by Gasteiger charge is 2.23. The van der Waals surface area contributed by atoms with E-state index in [2.05, 4.69) is 35.1 Å². The van der Waals surface area contributed by atoms with Crippen molar-refractivity contribution in [2.75, 3.05) is 36.0 Å². The molecule has 1 N–H and O–H groups in total. The van der Waals surface area contributed by atoms with Crippen molar-refractivity contribution < 1.29 is 8.42 Å². The summed E-state index contributed by atoms with van der Waals surface area (Å²) < 4.78 is 23.1. The van der Waals surface area contributed by atoms with E-state index in [1.807, 2.05) is 13.1 Å². The molecule has 0 radical (unpaired) electrons. The predicted molar refractivity (Wildman–Crippen MR) is 86.4 cm³/mol. The van der Waals surface area contributed by atoms with Gasteiger partial charge in [0.25, 0.3) is 0 Å². The second kappa shape index (κ2) is 6.75. The van der Waals surface area contributed by atoms with Gasteiger partial charge in [0.05, 0.1) is 11.5 Å². The van der Waals surface area contributed by atoms with E-state index in [0.717, 1.165) is 30.0 Å². The van der Waals surface area contributed by atoms with Crippen molar-refractivity contribution in [2.45, 2.75) is 27.3 Å². The summed E-state index contributed by atoms with van der Waals surface area (Å²) >= 11 is 0. The third-order valence-electron chi connectivity index (χ3n) is 3.65. The summed E-state index contributed by atoms with van der Waals surface area (Å²) in [6.07, 6.45) is 1.90. The summed E-state index contributed by atoms with van der Waals surface area (Å²) in [5.74, 6) is 1.09. The second-order valence-electron chi connectivity index (χ2n) is 6.12. The summed E-state index contributed by atoms with van der Waals surface area (Å²) in [7, 11) is -2.85. The first-order valence-electron chi connectivity index (χ1n) is 7.49. The van der Waals surface area contributed by atoms with Gasteiger partial charge in [-0.25, -0.2) is 8.42 Å². The van der Waals surface area contributed by atoms with Crippen LogP contribution >= 0.6 is 0 Å². The van der Waals surface area contributed by atoms with E-state index in [1.54, 1.807) is 0 Å². The molecule has 118 valence electrons. The average Bonchev–Trinajstić information content (AvgIpc) is 2.40. The molecule has 0 unspecified atom stereocenters. The first-order valence-corrected chi connectivity index (χ1v) is 9.31. The fraction of sp³-hybridized carbons (Fsp3) is 0.667. The first-order chi connectivity index (χ1) is 9.87. The summed E-state index contributed by atoms with van der Waals surface area (Å²) in [6.45, 7) is 9.20. The molecule has 0 saturated carbocycles. The molecule has 0 aliphatic carbocycles. The SMILES string of the molecule is Cc1cc(N2CCS(=O)(=O)CC2)c(CNCC(C)C)cn1. The number of hydrogen-bond donors (Lipinski definition) is 1. The number of pyridine rings is 1. The molecule has 2 rings (SSSR count). The molecule has 21 heavy (non-hydrogen) atoms. The molecule has 1 aliphatic rings. The zero-order valence-corrected chi connectivity index (χ0v) is 13.9. The zero-order chi connectivity index (χ0) is 15.5. The van der Waals surface area contributed by atoms with E-state index >= 15 is 0 Å². The van der Waals surface area contributed by atoms with Crippen LogP contribution in [0, 0.1) is 12.8 Å². The van der Waals surface area contributed by atoms with E-state index in [4.69, 9.17) is 0 Å². The van der Waals surface area contributed by atoms with Gasteiger partial charge in [-0.3, -0.25) is 4.98 Å². The average molecular weight is 311 g/mol. The van der Waals surface area contributed by atoms with Crippen LogP contribution in [0.15, 0.2) is 12.3 Å². The third-order valence-corrected chi connectivity index (χ3v) is 5.26. The fourth-order valence-electron chi connectivity index (χ4n) is 2.45. The number of sulfone groups is 1. The summed E-state index contributed by atoms with van der Waals surface area (Å²) in [5.41, 5.74) is 3.22. The van der Waals surface area contributed by atoms with Gasteiger partial charge in [0.15, 0.2) is 9.84 Å². The van der Waals surface area contributed by atoms with Crippen LogP contribution in [0.1, 0.15) is 25.1 Å². The number of aromatic nitrogens is 1. The molecule has 1 fully saturated rings. The van der Waals surface area contributed by atoms with Gasteiger partial charge >= 0.3 is 0 Å². The largest absolute Gasteiger partial charge is 0.369 e. The molecule has 1 aliphatic heterocycles. The quantitative estimate of drug-likeness (QED) is 0.890. The maximum absolute atomic E-state index is 11.6. The summed E-state index contributed by atoms with van der Waals surface area (Å²) in [6, 6.07) is 2.06. The third kappa shape index (κ3) is 4.68. The van der Waals surface area contributed by atoms with Crippen LogP contribution in [0.3, 0.4) is 0 Å². The Balaban J connectivity index is 2.12. The lowest BCUT2D eigenvalue weighted by Gasteiger charge is -2.30.